The Morgan fingerprint density at radius 3 is 2.68 bits per heavy atom. The number of alkyl halides is 3. The number of benzene rings is 2. The molecule has 0 bridgehead atoms. The summed E-state index contributed by atoms with van der Waals surface area (Å²) in [6.45, 7) is 2.16. The van der Waals surface area contributed by atoms with Crippen LogP contribution in [-0.4, -0.2) is 34.5 Å². The number of carbonyl (C=O) groups is 1. The Hall–Kier alpha value is -4.47. The molecule has 38 heavy (non-hydrogen) atoms. The molecule has 0 radical (unpaired) electrons. The van der Waals surface area contributed by atoms with Gasteiger partial charge in [-0.05, 0) is 73.4 Å². The van der Waals surface area contributed by atoms with E-state index in [-0.39, 0.29) is 5.69 Å². The van der Waals surface area contributed by atoms with Gasteiger partial charge in [-0.1, -0.05) is 12.1 Å². The van der Waals surface area contributed by atoms with E-state index in [1.54, 1.807) is 49.8 Å². The minimum absolute atomic E-state index is 0.287. The lowest BCUT2D eigenvalue weighted by molar-refractivity contribution is -0.137. The Morgan fingerprint density at radius 1 is 1.05 bits per heavy atom. The van der Waals surface area contributed by atoms with Crippen LogP contribution in [0, 0.1) is 6.92 Å². The summed E-state index contributed by atoms with van der Waals surface area (Å²) in [6.07, 6.45) is -0.0170. The first kappa shape index (κ1) is 25.2. The van der Waals surface area contributed by atoms with Crippen LogP contribution in [-0.2, 0) is 12.6 Å². The molecule has 2 aromatic heterocycles. The maximum Gasteiger partial charge on any atom is 0.416 e. The van der Waals surface area contributed by atoms with Gasteiger partial charge in [-0.3, -0.25) is 4.79 Å². The van der Waals surface area contributed by atoms with Crippen LogP contribution < -0.4 is 15.0 Å². The standard InChI is InChI=1S/C28H24F3N5O2/c1-17-7-8-19(26(37)36-14-4-5-18-9-10-20(16-23(18)36)28(29,30)31)15-24(17)38-25-21(6-3-12-33-25)22-11-13-34-27(32-2)35-22/h3,6-13,15-16H,4-5,14H2,1-2H3,(H,32,34,35). The van der Waals surface area contributed by atoms with Crippen molar-refractivity contribution in [2.75, 3.05) is 23.8 Å². The van der Waals surface area contributed by atoms with Crippen LogP contribution >= 0.6 is 0 Å². The summed E-state index contributed by atoms with van der Waals surface area (Å²) >= 11 is 0. The number of hydrogen-bond acceptors (Lipinski definition) is 6. The number of aromatic nitrogens is 3. The van der Waals surface area contributed by atoms with Gasteiger partial charge in [0.05, 0.1) is 16.8 Å². The summed E-state index contributed by atoms with van der Waals surface area (Å²) in [5, 5.41) is 2.90. The van der Waals surface area contributed by atoms with Gasteiger partial charge in [0.15, 0.2) is 0 Å². The average Bonchev–Trinajstić information content (AvgIpc) is 2.93. The lowest BCUT2D eigenvalue weighted by atomic mass is 9.98. The van der Waals surface area contributed by atoms with Crippen molar-refractivity contribution < 1.29 is 22.7 Å². The molecule has 1 aliphatic rings. The van der Waals surface area contributed by atoms with Crippen molar-refractivity contribution in [1.29, 1.82) is 0 Å². The normalized spacial score (nSPS) is 13.1. The molecule has 7 nitrogen and oxygen atoms in total. The van der Waals surface area contributed by atoms with Gasteiger partial charge in [-0.25, -0.2) is 15.0 Å². The number of fused-ring (bicyclic) bond motifs is 1. The van der Waals surface area contributed by atoms with Gasteiger partial charge in [0.2, 0.25) is 11.8 Å². The number of ether oxygens (including phenoxy) is 1. The van der Waals surface area contributed by atoms with Crippen LogP contribution in [0.5, 0.6) is 11.6 Å². The van der Waals surface area contributed by atoms with Gasteiger partial charge in [0.1, 0.15) is 5.75 Å². The first-order valence-electron chi connectivity index (χ1n) is 12.0. The summed E-state index contributed by atoms with van der Waals surface area (Å²) in [5.41, 5.74) is 2.51. The van der Waals surface area contributed by atoms with E-state index in [9.17, 15) is 18.0 Å². The van der Waals surface area contributed by atoms with E-state index in [4.69, 9.17) is 4.74 Å². The third kappa shape index (κ3) is 5.02. The molecule has 0 spiro atoms. The third-order valence-electron chi connectivity index (χ3n) is 6.34. The predicted octanol–water partition coefficient (Wildman–Crippen LogP) is 6.29. The molecule has 0 fully saturated rings. The van der Waals surface area contributed by atoms with Crippen LogP contribution in [0.3, 0.4) is 0 Å². The monoisotopic (exact) mass is 519 g/mol. The molecule has 0 atom stereocenters. The maximum absolute atomic E-state index is 13.5. The number of nitrogens with one attached hydrogen (secondary N) is 1. The smallest absolute Gasteiger partial charge is 0.416 e. The highest BCUT2D eigenvalue weighted by molar-refractivity contribution is 6.07. The lowest BCUT2D eigenvalue weighted by Gasteiger charge is -2.30. The fourth-order valence-corrected chi connectivity index (χ4v) is 4.36. The Bertz CT molecular complexity index is 1510. The number of halogens is 3. The highest BCUT2D eigenvalue weighted by Gasteiger charge is 2.33. The van der Waals surface area contributed by atoms with E-state index in [0.29, 0.717) is 59.3 Å². The molecule has 0 saturated heterocycles. The molecule has 3 heterocycles. The average molecular weight is 520 g/mol. The van der Waals surface area contributed by atoms with Gasteiger partial charge in [-0.2, -0.15) is 13.2 Å². The predicted molar refractivity (Wildman–Crippen MR) is 138 cm³/mol. The largest absolute Gasteiger partial charge is 0.438 e. The number of nitrogens with zero attached hydrogens (tertiary/aromatic N) is 4. The number of pyridine rings is 1. The summed E-state index contributed by atoms with van der Waals surface area (Å²) < 4.78 is 46.3. The molecular formula is C28H24F3N5O2. The van der Waals surface area contributed by atoms with Crippen molar-refractivity contribution in [2.24, 2.45) is 0 Å². The highest BCUT2D eigenvalue weighted by atomic mass is 19.4. The molecular weight excluding hydrogens is 495 g/mol. The van der Waals surface area contributed by atoms with Gasteiger partial charge in [0, 0.05) is 37.2 Å². The van der Waals surface area contributed by atoms with Crippen LogP contribution in [0.4, 0.5) is 24.8 Å². The van der Waals surface area contributed by atoms with Crippen molar-refractivity contribution in [3.63, 3.8) is 0 Å². The summed E-state index contributed by atoms with van der Waals surface area (Å²) in [6, 6.07) is 13.9. The second-order valence-electron chi connectivity index (χ2n) is 8.86. The van der Waals surface area contributed by atoms with Crippen LogP contribution in [0.1, 0.15) is 33.5 Å². The Kier molecular flexibility index (Phi) is 6.71. The number of carbonyl (C=O) groups excluding carboxylic acids is 1. The number of anilines is 2. The van der Waals surface area contributed by atoms with E-state index in [2.05, 4.69) is 20.3 Å². The minimum Gasteiger partial charge on any atom is -0.438 e. The van der Waals surface area contributed by atoms with E-state index in [0.717, 1.165) is 17.7 Å². The first-order chi connectivity index (χ1) is 18.2. The highest BCUT2D eigenvalue weighted by Crippen LogP contribution is 2.37. The molecule has 10 heteroatoms. The number of hydrogen-bond donors (Lipinski definition) is 1. The minimum atomic E-state index is -4.50. The first-order valence-corrected chi connectivity index (χ1v) is 12.0. The molecule has 0 saturated carbocycles. The Balaban J connectivity index is 1.47. The number of rotatable bonds is 5. The van der Waals surface area contributed by atoms with Crippen LogP contribution in [0.25, 0.3) is 11.3 Å². The zero-order chi connectivity index (χ0) is 26.9. The van der Waals surface area contributed by atoms with Gasteiger partial charge < -0.3 is 15.0 Å². The molecule has 5 rings (SSSR count). The second-order valence-corrected chi connectivity index (χ2v) is 8.86. The molecule has 4 aromatic rings. The molecule has 1 amide bonds. The zero-order valence-electron chi connectivity index (χ0n) is 20.7. The van der Waals surface area contributed by atoms with Crippen molar-refractivity contribution in [2.45, 2.75) is 25.9 Å². The third-order valence-corrected chi connectivity index (χ3v) is 6.34. The van der Waals surface area contributed by atoms with E-state index in [1.165, 1.54) is 11.0 Å². The van der Waals surface area contributed by atoms with Gasteiger partial charge >= 0.3 is 6.18 Å². The Morgan fingerprint density at radius 2 is 1.89 bits per heavy atom. The van der Waals surface area contributed by atoms with Crippen molar-refractivity contribution >= 4 is 17.5 Å². The van der Waals surface area contributed by atoms with E-state index >= 15 is 0 Å². The van der Waals surface area contributed by atoms with Crippen molar-refractivity contribution in [3.05, 3.63) is 89.2 Å². The SMILES string of the molecule is CNc1nccc(-c2cccnc2Oc2cc(C(=O)N3CCCc4ccc(C(F)(F)F)cc43)ccc2C)n1. The molecule has 194 valence electrons. The molecule has 1 aliphatic heterocycles. The summed E-state index contributed by atoms with van der Waals surface area (Å²) in [7, 11) is 1.72. The van der Waals surface area contributed by atoms with E-state index in [1.807, 2.05) is 13.0 Å². The van der Waals surface area contributed by atoms with Crippen LogP contribution in [0.2, 0.25) is 0 Å². The second kappa shape index (κ2) is 10.1. The number of amides is 1. The molecule has 1 N–H and O–H groups in total. The summed E-state index contributed by atoms with van der Waals surface area (Å²) in [5.74, 6) is 0.737. The molecule has 0 unspecified atom stereocenters. The maximum atomic E-state index is 13.5. The fraction of sp³-hybridized carbons (Fsp3) is 0.214. The van der Waals surface area contributed by atoms with Crippen molar-refractivity contribution in [1.82, 2.24) is 15.0 Å². The Labute approximate surface area is 217 Å². The lowest BCUT2D eigenvalue weighted by Crippen LogP contribution is -2.35. The molecule has 2 aromatic carbocycles. The zero-order valence-corrected chi connectivity index (χ0v) is 20.7. The van der Waals surface area contributed by atoms with Gasteiger partial charge in [0.25, 0.3) is 5.91 Å². The quantitative estimate of drug-likeness (QED) is 0.334. The fourth-order valence-electron chi connectivity index (χ4n) is 4.36. The summed E-state index contributed by atoms with van der Waals surface area (Å²) in [4.78, 5) is 27.9. The van der Waals surface area contributed by atoms with Gasteiger partial charge in [-0.15, -0.1) is 0 Å². The van der Waals surface area contributed by atoms with E-state index < -0.39 is 17.6 Å². The van der Waals surface area contributed by atoms with Crippen molar-refractivity contribution in [3.8, 4) is 22.9 Å². The number of aryl methyl sites for hydroxylation is 2. The molecule has 0 aliphatic carbocycles. The van der Waals surface area contributed by atoms with Crippen LogP contribution in [0.15, 0.2) is 67.0 Å². The topological polar surface area (TPSA) is 80.2 Å².